The maximum Gasteiger partial charge on any atom is 0.258 e. The van der Waals surface area contributed by atoms with Gasteiger partial charge in [-0.05, 0) is 43.0 Å². The highest BCUT2D eigenvalue weighted by atomic mass is 19.1. The summed E-state index contributed by atoms with van der Waals surface area (Å²) in [7, 11) is 0. The largest absolute Gasteiger partial charge is 0.477 e. The third-order valence-corrected chi connectivity index (χ3v) is 3.79. The summed E-state index contributed by atoms with van der Waals surface area (Å²) >= 11 is 0. The topological polar surface area (TPSA) is 55.0 Å². The number of pyridine rings is 2. The molecule has 1 saturated carbocycles. The molecule has 0 bridgehead atoms. The molecular formula is C16H13FN2O2. The molecule has 106 valence electrons. The minimum absolute atomic E-state index is 0.274. The van der Waals surface area contributed by atoms with Crippen molar-refractivity contribution in [1.82, 2.24) is 9.97 Å². The summed E-state index contributed by atoms with van der Waals surface area (Å²) in [5, 5.41) is 1.60. The van der Waals surface area contributed by atoms with Gasteiger partial charge in [0, 0.05) is 17.0 Å². The Kier molecular flexibility index (Phi) is 2.67. The fraction of sp³-hybridized carbons (Fsp3) is 0.250. The zero-order valence-corrected chi connectivity index (χ0v) is 11.2. The molecule has 0 unspecified atom stereocenters. The molecule has 1 aliphatic carbocycles. The zero-order chi connectivity index (χ0) is 14.4. The Bertz CT molecular complexity index is 900. The third kappa shape index (κ3) is 2.14. The van der Waals surface area contributed by atoms with Crippen LogP contribution in [0.5, 0.6) is 5.88 Å². The number of aromatic amines is 1. The average Bonchev–Trinajstić information content (AvgIpc) is 3.28. The van der Waals surface area contributed by atoms with Crippen LogP contribution in [0.25, 0.3) is 21.7 Å². The summed E-state index contributed by atoms with van der Waals surface area (Å²) in [6.45, 7) is 0.619. The first kappa shape index (κ1) is 12.3. The van der Waals surface area contributed by atoms with Gasteiger partial charge in [0.05, 0.1) is 17.5 Å². The van der Waals surface area contributed by atoms with Crippen LogP contribution in [-0.2, 0) is 0 Å². The first-order chi connectivity index (χ1) is 10.2. The molecule has 2 aromatic heterocycles. The third-order valence-electron chi connectivity index (χ3n) is 3.79. The van der Waals surface area contributed by atoms with E-state index in [9.17, 15) is 9.18 Å². The van der Waals surface area contributed by atoms with Gasteiger partial charge >= 0.3 is 0 Å². The van der Waals surface area contributed by atoms with Crippen molar-refractivity contribution in [2.75, 3.05) is 6.61 Å². The highest BCUT2D eigenvalue weighted by Crippen LogP contribution is 2.33. The Hall–Kier alpha value is -2.43. The number of H-pyrrole nitrogens is 1. The SMILES string of the molecule is O=c1[nH]ccc2nc(OCC3CC3)c3ccc(F)cc3c12. The maximum absolute atomic E-state index is 13.6. The van der Waals surface area contributed by atoms with Crippen LogP contribution in [0.4, 0.5) is 4.39 Å². The van der Waals surface area contributed by atoms with E-state index in [1.807, 2.05) is 0 Å². The maximum atomic E-state index is 13.6. The molecular weight excluding hydrogens is 271 g/mol. The molecule has 0 radical (unpaired) electrons. The Morgan fingerprint density at radius 3 is 2.95 bits per heavy atom. The van der Waals surface area contributed by atoms with E-state index < -0.39 is 0 Å². The number of rotatable bonds is 3. The van der Waals surface area contributed by atoms with E-state index in [-0.39, 0.29) is 11.4 Å². The van der Waals surface area contributed by atoms with Gasteiger partial charge in [0.25, 0.3) is 5.56 Å². The molecule has 1 aliphatic rings. The fourth-order valence-corrected chi connectivity index (χ4v) is 2.49. The Balaban J connectivity index is 2.01. The Morgan fingerprint density at radius 1 is 1.29 bits per heavy atom. The van der Waals surface area contributed by atoms with Crippen molar-refractivity contribution in [2.45, 2.75) is 12.8 Å². The number of hydrogen-bond donors (Lipinski definition) is 1. The Morgan fingerprint density at radius 2 is 2.14 bits per heavy atom. The molecule has 4 rings (SSSR count). The minimum Gasteiger partial charge on any atom is -0.477 e. The van der Waals surface area contributed by atoms with E-state index in [0.29, 0.717) is 40.1 Å². The van der Waals surface area contributed by atoms with Crippen molar-refractivity contribution >= 4 is 21.7 Å². The number of hydrogen-bond acceptors (Lipinski definition) is 3. The minimum atomic E-state index is -0.383. The van der Waals surface area contributed by atoms with Crippen LogP contribution in [0.15, 0.2) is 35.3 Å². The van der Waals surface area contributed by atoms with Crippen molar-refractivity contribution in [3.63, 3.8) is 0 Å². The molecule has 2 heterocycles. The number of aromatic nitrogens is 2. The normalized spacial score (nSPS) is 14.7. The van der Waals surface area contributed by atoms with E-state index in [0.717, 1.165) is 0 Å². The molecule has 21 heavy (non-hydrogen) atoms. The molecule has 1 aromatic carbocycles. The lowest BCUT2D eigenvalue weighted by Crippen LogP contribution is -2.08. The molecule has 0 saturated heterocycles. The highest BCUT2D eigenvalue weighted by Gasteiger charge is 2.23. The summed E-state index contributed by atoms with van der Waals surface area (Å²) in [5.74, 6) is 0.679. The van der Waals surface area contributed by atoms with E-state index in [2.05, 4.69) is 9.97 Å². The van der Waals surface area contributed by atoms with E-state index in [1.54, 1.807) is 12.1 Å². The van der Waals surface area contributed by atoms with Crippen molar-refractivity contribution < 1.29 is 9.13 Å². The van der Waals surface area contributed by atoms with E-state index in [4.69, 9.17) is 4.74 Å². The van der Waals surface area contributed by atoms with Gasteiger partial charge in [0.2, 0.25) is 5.88 Å². The van der Waals surface area contributed by atoms with Crippen LogP contribution in [0.1, 0.15) is 12.8 Å². The van der Waals surface area contributed by atoms with Gasteiger partial charge in [0.1, 0.15) is 5.82 Å². The molecule has 0 spiro atoms. The predicted molar refractivity (Wildman–Crippen MR) is 78.0 cm³/mol. The predicted octanol–water partition coefficient (Wildman–Crippen LogP) is 3.00. The molecule has 3 aromatic rings. The van der Waals surface area contributed by atoms with Crippen LogP contribution in [0.3, 0.4) is 0 Å². The van der Waals surface area contributed by atoms with Gasteiger partial charge in [-0.2, -0.15) is 0 Å². The lowest BCUT2D eigenvalue weighted by atomic mass is 10.1. The van der Waals surface area contributed by atoms with Crippen molar-refractivity contribution in [3.8, 4) is 5.88 Å². The highest BCUT2D eigenvalue weighted by molar-refractivity contribution is 6.07. The summed E-state index contributed by atoms with van der Waals surface area (Å²) in [5.41, 5.74) is 0.243. The quantitative estimate of drug-likeness (QED) is 0.752. The van der Waals surface area contributed by atoms with Crippen LogP contribution in [0.2, 0.25) is 0 Å². The standard InChI is InChI=1S/C16H13FN2O2/c17-10-3-4-11-12(7-10)14-13(5-6-18-15(14)20)19-16(11)21-8-9-1-2-9/h3-7,9H,1-2,8H2,(H,18,20). The second-order valence-electron chi connectivity index (χ2n) is 5.43. The zero-order valence-electron chi connectivity index (χ0n) is 11.2. The van der Waals surface area contributed by atoms with Crippen LogP contribution < -0.4 is 10.3 Å². The average molecular weight is 284 g/mol. The number of benzene rings is 1. The summed E-state index contributed by atoms with van der Waals surface area (Å²) in [6.07, 6.45) is 3.90. The van der Waals surface area contributed by atoms with Gasteiger partial charge < -0.3 is 9.72 Å². The summed E-state index contributed by atoms with van der Waals surface area (Å²) in [6, 6.07) is 6.03. The lowest BCUT2D eigenvalue weighted by molar-refractivity contribution is 0.293. The number of nitrogens with one attached hydrogen (secondary N) is 1. The molecule has 0 aliphatic heterocycles. The van der Waals surface area contributed by atoms with Crippen LogP contribution >= 0.6 is 0 Å². The smallest absolute Gasteiger partial charge is 0.258 e. The molecule has 0 atom stereocenters. The number of nitrogens with zero attached hydrogens (tertiary/aromatic N) is 1. The first-order valence-electron chi connectivity index (χ1n) is 6.96. The summed E-state index contributed by atoms with van der Waals surface area (Å²) < 4.78 is 19.4. The van der Waals surface area contributed by atoms with E-state index in [1.165, 1.54) is 31.2 Å². The number of halogens is 1. The molecule has 1 N–H and O–H groups in total. The monoisotopic (exact) mass is 284 g/mol. The Labute approximate surface area is 119 Å². The van der Waals surface area contributed by atoms with Crippen molar-refractivity contribution in [3.05, 3.63) is 46.6 Å². The molecule has 5 heteroatoms. The number of fused-ring (bicyclic) bond motifs is 3. The van der Waals surface area contributed by atoms with Crippen LogP contribution in [0, 0.1) is 11.7 Å². The molecule has 4 nitrogen and oxygen atoms in total. The first-order valence-corrected chi connectivity index (χ1v) is 6.96. The van der Waals surface area contributed by atoms with Crippen LogP contribution in [-0.4, -0.2) is 16.6 Å². The molecule has 0 amide bonds. The van der Waals surface area contributed by atoms with Gasteiger partial charge in [-0.15, -0.1) is 0 Å². The van der Waals surface area contributed by atoms with E-state index >= 15 is 0 Å². The fourth-order valence-electron chi connectivity index (χ4n) is 2.49. The van der Waals surface area contributed by atoms with Gasteiger partial charge in [0.15, 0.2) is 0 Å². The lowest BCUT2D eigenvalue weighted by Gasteiger charge is -2.10. The van der Waals surface area contributed by atoms with Crippen molar-refractivity contribution in [2.24, 2.45) is 5.92 Å². The van der Waals surface area contributed by atoms with Crippen molar-refractivity contribution in [1.29, 1.82) is 0 Å². The van der Waals surface area contributed by atoms with Gasteiger partial charge in [-0.1, -0.05) is 0 Å². The molecule has 1 fully saturated rings. The number of ether oxygens (including phenoxy) is 1. The summed E-state index contributed by atoms with van der Waals surface area (Å²) in [4.78, 5) is 19.1. The van der Waals surface area contributed by atoms with Gasteiger partial charge in [-0.25, -0.2) is 9.37 Å². The second kappa shape index (κ2) is 4.55. The van der Waals surface area contributed by atoms with Gasteiger partial charge in [-0.3, -0.25) is 4.79 Å². The second-order valence-corrected chi connectivity index (χ2v) is 5.43.